The van der Waals surface area contributed by atoms with Gasteiger partial charge in [-0.1, -0.05) is 36.4 Å². The molecule has 6 aromatic rings. The summed E-state index contributed by atoms with van der Waals surface area (Å²) in [5.41, 5.74) is 6.25. The molecule has 0 bridgehead atoms. The first-order valence-electron chi connectivity index (χ1n) is 12.2. The summed E-state index contributed by atoms with van der Waals surface area (Å²) < 4.78 is 3.28. The number of nitrogens with one attached hydrogen (secondary N) is 1. The van der Waals surface area contributed by atoms with Gasteiger partial charge in [-0.2, -0.15) is 5.10 Å². The Morgan fingerprint density at radius 3 is 2.58 bits per heavy atom. The van der Waals surface area contributed by atoms with Gasteiger partial charge in [0.2, 0.25) is 0 Å². The van der Waals surface area contributed by atoms with E-state index in [1.807, 2.05) is 68.4 Å². The number of nitrogens with zero attached hydrogens (tertiary/aromatic N) is 5. The van der Waals surface area contributed by atoms with Crippen molar-refractivity contribution in [2.24, 2.45) is 0 Å². The summed E-state index contributed by atoms with van der Waals surface area (Å²) in [5.74, 6) is -0.301. The average Bonchev–Trinajstić information content (AvgIpc) is 3.50. The maximum absolute atomic E-state index is 14.2. The molecular formula is C29H24N6O2S. The smallest absolute Gasteiger partial charge is 0.263 e. The van der Waals surface area contributed by atoms with Crippen LogP contribution in [0.2, 0.25) is 0 Å². The molecule has 8 nitrogen and oxygen atoms in total. The van der Waals surface area contributed by atoms with Crippen LogP contribution in [-0.4, -0.2) is 30.1 Å². The molecule has 0 aliphatic rings. The molecule has 0 fully saturated rings. The molecule has 4 heterocycles. The minimum Gasteiger partial charge on any atom is -0.344 e. The fourth-order valence-corrected chi connectivity index (χ4v) is 5.74. The maximum atomic E-state index is 14.2. The van der Waals surface area contributed by atoms with E-state index >= 15 is 0 Å². The summed E-state index contributed by atoms with van der Waals surface area (Å²) in [6.07, 6.45) is 3.39. The Labute approximate surface area is 222 Å². The zero-order valence-corrected chi connectivity index (χ0v) is 21.9. The third kappa shape index (κ3) is 3.88. The first kappa shape index (κ1) is 23.7. The molecule has 0 aliphatic carbocycles. The molecule has 0 aliphatic heterocycles. The van der Waals surface area contributed by atoms with Crippen LogP contribution in [0.25, 0.3) is 32.5 Å². The van der Waals surface area contributed by atoms with E-state index in [2.05, 4.69) is 20.4 Å². The number of pyridine rings is 1. The fourth-order valence-electron chi connectivity index (χ4n) is 4.90. The van der Waals surface area contributed by atoms with E-state index in [-0.39, 0.29) is 11.5 Å². The molecule has 38 heavy (non-hydrogen) atoms. The first-order chi connectivity index (χ1) is 18.4. The monoisotopic (exact) mass is 520 g/mol. The van der Waals surface area contributed by atoms with Crippen LogP contribution in [0.3, 0.4) is 0 Å². The molecule has 1 atom stereocenters. The topological polar surface area (TPSA) is 94.2 Å². The highest BCUT2D eigenvalue weighted by molar-refractivity contribution is 7.13. The number of benzene rings is 2. The number of fused-ring (bicyclic) bond motifs is 2. The molecule has 4 aromatic heterocycles. The Morgan fingerprint density at radius 2 is 1.82 bits per heavy atom. The highest BCUT2D eigenvalue weighted by Gasteiger charge is 2.24. The summed E-state index contributed by atoms with van der Waals surface area (Å²) in [6, 6.07) is 18.6. The number of hydrogen-bond donors (Lipinski definition) is 1. The van der Waals surface area contributed by atoms with Gasteiger partial charge in [0.05, 0.1) is 33.2 Å². The zero-order chi connectivity index (χ0) is 26.4. The van der Waals surface area contributed by atoms with Crippen LogP contribution in [0.5, 0.6) is 0 Å². The molecule has 6 rings (SSSR count). The number of carbonyl (C=O) groups excluding carboxylic acids is 1. The normalized spacial score (nSPS) is 12.2. The highest BCUT2D eigenvalue weighted by Crippen LogP contribution is 2.33. The van der Waals surface area contributed by atoms with Crippen molar-refractivity contribution in [3.8, 4) is 16.1 Å². The standard InChI is InChI=1S/C29H24N6O2S/c1-17(32-28(36)24-18(2)33-34-14-8-13-30-27(24)34)23-15-20-9-7-12-22(26-19(3)31-16-38-26)25(20)29(37)35(23)21-10-5-4-6-11-21/h4-17H,1-3H3,(H,32,36)/t17-/m0/s1. The Hall–Kier alpha value is -4.63. The molecule has 0 saturated heterocycles. The molecule has 188 valence electrons. The number of aromatic nitrogens is 5. The SMILES string of the molecule is Cc1ncsc1-c1cccc2cc([C@H](C)NC(=O)c3c(C)nn4cccnc34)n(-c3ccccc3)c(=O)c12. The molecular weight excluding hydrogens is 496 g/mol. The van der Waals surface area contributed by atoms with Crippen molar-refractivity contribution in [3.63, 3.8) is 0 Å². The Kier molecular flexibility index (Phi) is 5.84. The lowest BCUT2D eigenvalue weighted by Crippen LogP contribution is -2.32. The Bertz CT molecular complexity index is 1890. The van der Waals surface area contributed by atoms with Crippen LogP contribution in [0.1, 0.15) is 40.4 Å². The van der Waals surface area contributed by atoms with E-state index in [4.69, 9.17) is 0 Å². The number of amides is 1. The highest BCUT2D eigenvalue weighted by atomic mass is 32.1. The maximum Gasteiger partial charge on any atom is 0.263 e. The van der Waals surface area contributed by atoms with Crippen molar-refractivity contribution in [2.45, 2.75) is 26.8 Å². The van der Waals surface area contributed by atoms with Gasteiger partial charge in [-0.3, -0.25) is 14.2 Å². The molecule has 1 amide bonds. The van der Waals surface area contributed by atoms with Crippen molar-refractivity contribution in [1.82, 2.24) is 29.5 Å². The van der Waals surface area contributed by atoms with Crippen LogP contribution in [0.15, 0.2) is 83.4 Å². The average molecular weight is 521 g/mol. The number of carbonyl (C=O) groups is 1. The van der Waals surface area contributed by atoms with Crippen molar-refractivity contribution in [3.05, 3.63) is 112 Å². The first-order valence-corrected chi connectivity index (χ1v) is 13.1. The van der Waals surface area contributed by atoms with Crippen molar-refractivity contribution < 1.29 is 4.79 Å². The zero-order valence-electron chi connectivity index (χ0n) is 21.0. The quantitative estimate of drug-likeness (QED) is 0.334. The molecule has 2 aromatic carbocycles. The van der Waals surface area contributed by atoms with Gasteiger partial charge in [0.25, 0.3) is 11.5 Å². The van der Waals surface area contributed by atoms with E-state index in [1.54, 1.807) is 40.0 Å². The number of aryl methyl sites for hydroxylation is 2. The molecule has 1 N–H and O–H groups in total. The van der Waals surface area contributed by atoms with Gasteiger partial charge < -0.3 is 5.32 Å². The Morgan fingerprint density at radius 1 is 1.00 bits per heavy atom. The van der Waals surface area contributed by atoms with Gasteiger partial charge in [-0.15, -0.1) is 11.3 Å². The lowest BCUT2D eigenvalue weighted by Gasteiger charge is -2.21. The van der Waals surface area contributed by atoms with Crippen molar-refractivity contribution in [2.75, 3.05) is 0 Å². The second kappa shape index (κ2) is 9.35. The summed E-state index contributed by atoms with van der Waals surface area (Å²) in [6.45, 7) is 5.61. The minimum atomic E-state index is -0.494. The number of para-hydroxylation sites is 1. The predicted molar refractivity (Wildman–Crippen MR) is 149 cm³/mol. The van der Waals surface area contributed by atoms with Crippen molar-refractivity contribution in [1.29, 1.82) is 0 Å². The third-order valence-electron chi connectivity index (χ3n) is 6.67. The van der Waals surface area contributed by atoms with E-state index in [9.17, 15) is 9.59 Å². The van der Waals surface area contributed by atoms with Gasteiger partial charge in [-0.05, 0) is 50.4 Å². The summed E-state index contributed by atoms with van der Waals surface area (Å²) in [4.78, 5) is 37.4. The van der Waals surface area contributed by atoms with Gasteiger partial charge in [0, 0.05) is 29.3 Å². The summed E-state index contributed by atoms with van der Waals surface area (Å²) >= 11 is 1.52. The van der Waals surface area contributed by atoms with Crippen molar-refractivity contribution >= 4 is 33.7 Å². The fraction of sp³-hybridized carbons (Fsp3) is 0.138. The summed E-state index contributed by atoms with van der Waals surface area (Å²) in [7, 11) is 0. The van der Waals surface area contributed by atoms with E-state index in [0.29, 0.717) is 28.0 Å². The van der Waals surface area contributed by atoms with Crippen LogP contribution in [0, 0.1) is 13.8 Å². The van der Waals surface area contributed by atoms with Gasteiger partial charge in [0.1, 0.15) is 5.56 Å². The van der Waals surface area contributed by atoms with Gasteiger partial charge >= 0.3 is 0 Å². The second-order valence-corrected chi connectivity index (χ2v) is 9.98. The molecule has 0 unspecified atom stereocenters. The lowest BCUT2D eigenvalue weighted by atomic mass is 10.0. The van der Waals surface area contributed by atoms with Crippen LogP contribution in [-0.2, 0) is 0 Å². The van der Waals surface area contributed by atoms with Gasteiger partial charge in [-0.25, -0.2) is 14.5 Å². The summed E-state index contributed by atoms with van der Waals surface area (Å²) in [5, 5.41) is 8.92. The second-order valence-electron chi connectivity index (χ2n) is 9.13. The third-order valence-corrected chi connectivity index (χ3v) is 7.63. The molecule has 0 radical (unpaired) electrons. The number of hydrogen-bond acceptors (Lipinski definition) is 6. The van der Waals surface area contributed by atoms with E-state index in [0.717, 1.165) is 27.2 Å². The largest absolute Gasteiger partial charge is 0.344 e. The van der Waals surface area contributed by atoms with E-state index in [1.165, 1.54) is 11.3 Å². The van der Waals surface area contributed by atoms with Crippen LogP contribution in [0.4, 0.5) is 0 Å². The minimum absolute atomic E-state index is 0.151. The number of thiazole rings is 1. The predicted octanol–water partition coefficient (Wildman–Crippen LogP) is 5.26. The molecule has 0 saturated carbocycles. The van der Waals surface area contributed by atoms with Crippen LogP contribution >= 0.6 is 11.3 Å². The van der Waals surface area contributed by atoms with Crippen LogP contribution < -0.4 is 10.9 Å². The number of rotatable bonds is 5. The molecule has 0 spiro atoms. The van der Waals surface area contributed by atoms with Gasteiger partial charge in [0.15, 0.2) is 5.65 Å². The Balaban J connectivity index is 1.52. The lowest BCUT2D eigenvalue weighted by molar-refractivity contribution is 0.0939. The molecule has 9 heteroatoms. The van der Waals surface area contributed by atoms with E-state index < -0.39 is 6.04 Å².